The second-order valence-corrected chi connectivity index (χ2v) is 6.01. The van der Waals surface area contributed by atoms with Crippen molar-refractivity contribution in [3.05, 3.63) is 66.1 Å². The zero-order valence-corrected chi connectivity index (χ0v) is 14.8. The summed E-state index contributed by atoms with van der Waals surface area (Å²) < 4.78 is 7.23. The number of nitrogens with zero attached hydrogens (tertiary/aromatic N) is 4. The van der Waals surface area contributed by atoms with Crippen LogP contribution < -0.4 is 10.1 Å². The molecule has 2 aromatic heterocycles. The van der Waals surface area contributed by atoms with Crippen LogP contribution in [0.2, 0.25) is 5.02 Å². The van der Waals surface area contributed by atoms with Crippen LogP contribution in [0.15, 0.2) is 61.1 Å². The zero-order chi connectivity index (χ0) is 17.9. The second-order valence-electron chi connectivity index (χ2n) is 5.57. The third-order valence-electron chi connectivity index (χ3n) is 3.87. The Kier molecular flexibility index (Phi) is 4.41. The lowest BCUT2D eigenvalue weighted by molar-refractivity contribution is 0.340. The van der Waals surface area contributed by atoms with E-state index >= 15 is 0 Å². The summed E-state index contributed by atoms with van der Waals surface area (Å²) in [5.41, 5.74) is 2.51. The Labute approximate surface area is 155 Å². The molecule has 0 saturated heterocycles. The van der Waals surface area contributed by atoms with Gasteiger partial charge in [-0.05, 0) is 55.5 Å². The van der Waals surface area contributed by atoms with Crippen molar-refractivity contribution >= 4 is 34.1 Å². The number of benzene rings is 2. The number of hydrogen-bond acceptors (Lipinski definition) is 5. The first kappa shape index (κ1) is 16.4. The molecule has 26 heavy (non-hydrogen) atoms. The van der Waals surface area contributed by atoms with E-state index < -0.39 is 0 Å². The summed E-state index contributed by atoms with van der Waals surface area (Å²) in [7, 11) is 0. The summed E-state index contributed by atoms with van der Waals surface area (Å²) in [5, 5.41) is 9.26. The fourth-order valence-corrected chi connectivity index (χ4v) is 2.78. The molecule has 0 unspecified atom stereocenters. The molecule has 0 radical (unpaired) electrons. The predicted molar refractivity (Wildman–Crippen MR) is 103 cm³/mol. The lowest BCUT2D eigenvalue weighted by Gasteiger charge is -2.08. The van der Waals surface area contributed by atoms with E-state index in [4.69, 9.17) is 16.3 Å². The molecule has 0 amide bonds. The van der Waals surface area contributed by atoms with Gasteiger partial charge in [0.2, 0.25) is 0 Å². The summed E-state index contributed by atoms with van der Waals surface area (Å²) in [6.07, 6.45) is 3.27. The van der Waals surface area contributed by atoms with Crippen LogP contribution in [0, 0.1) is 0 Å². The number of halogens is 1. The molecule has 6 nitrogen and oxygen atoms in total. The highest BCUT2D eigenvalue weighted by molar-refractivity contribution is 6.30. The number of aromatic nitrogens is 4. The summed E-state index contributed by atoms with van der Waals surface area (Å²) in [6, 6.07) is 15.2. The third-order valence-corrected chi connectivity index (χ3v) is 4.12. The van der Waals surface area contributed by atoms with E-state index in [9.17, 15) is 0 Å². The van der Waals surface area contributed by atoms with Gasteiger partial charge in [-0.15, -0.1) is 0 Å². The largest absolute Gasteiger partial charge is 0.494 e. The average molecular weight is 366 g/mol. The molecule has 0 atom stereocenters. The van der Waals surface area contributed by atoms with Crippen LogP contribution in [0.5, 0.6) is 5.75 Å². The maximum absolute atomic E-state index is 5.96. The molecule has 0 aliphatic carbocycles. The first-order valence-corrected chi connectivity index (χ1v) is 8.57. The van der Waals surface area contributed by atoms with Crippen molar-refractivity contribution in [2.24, 2.45) is 0 Å². The number of anilines is 2. The van der Waals surface area contributed by atoms with Gasteiger partial charge in [-0.2, -0.15) is 5.10 Å². The average Bonchev–Trinajstić information content (AvgIpc) is 3.09. The Bertz CT molecular complexity index is 1030. The topological polar surface area (TPSA) is 64.9 Å². The van der Waals surface area contributed by atoms with E-state index in [1.807, 2.05) is 55.5 Å². The molecule has 0 aliphatic heterocycles. The van der Waals surface area contributed by atoms with Gasteiger partial charge in [0.05, 0.1) is 23.9 Å². The first-order valence-electron chi connectivity index (χ1n) is 8.19. The van der Waals surface area contributed by atoms with Crippen molar-refractivity contribution < 1.29 is 4.74 Å². The number of hydrogen-bond donors (Lipinski definition) is 1. The van der Waals surface area contributed by atoms with Crippen molar-refractivity contribution in [3.63, 3.8) is 0 Å². The van der Waals surface area contributed by atoms with Crippen molar-refractivity contribution in [1.82, 2.24) is 19.7 Å². The van der Waals surface area contributed by atoms with Crippen LogP contribution in [0.1, 0.15) is 6.92 Å². The Hall–Kier alpha value is -3.12. The normalized spacial score (nSPS) is 10.8. The fraction of sp³-hybridized carbons (Fsp3) is 0.105. The van der Waals surface area contributed by atoms with Crippen molar-refractivity contribution in [3.8, 4) is 11.4 Å². The van der Waals surface area contributed by atoms with Crippen LogP contribution in [-0.4, -0.2) is 26.4 Å². The van der Waals surface area contributed by atoms with Gasteiger partial charge in [0.15, 0.2) is 5.65 Å². The molecule has 4 aromatic rings. The van der Waals surface area contributed by atoms with Crippen LogP contribution in [-0.2, 0) is 0 Å². The van der Waals surface area contributed by atoms with E-state index in [0.717, 1.165) is 28.2 Å². The predicted octanol–water partition coefficient (Wildman–Crippen LogP) is 4.61. The molecule has 0 aliphatic rings. The van der Waals surface area contributed by atoms with Crippen molar-refractivity contribution in [1.29, 1.82) is 0 Å². The Morgan fingerprint density at radius 3 is 2.54 bits per heavy atom. The minimum absolute atomic E-state index is 0.642. The van der Waals surface area contributed by atoms with E-state index in [0.29, 0.717) is 17.4 Å². The summed E-state index contributed by atoms with van der Waals surface area (Å²) in [4.78, 5) is 8.73. The summed E-state index contributed by atoms with van der Waals surface area (Å²) in [6.45, 7) is 2.60. The van der Waals surface area contributed by atoms with Crippen LogP contribution >= 0.6 is 11.6 Å². The molecule has 130 valence electrons. The van der Waals surface area contributed by atoms with Gasteiger partial charge in [-0.3, -0.25) is 0 Å². The maximum Gasteiger partial charge on any atom is 0.168 e. The standard InChI is InChI=1S/C19H16ClN5O/c1-2-26-16-9-5-14(6-10-16)24-18-17-11-23-25(19(17)22-12-21-18)15-7-3-13(20)4-8-15/h3-12H,2H2,1H3,(H,21,22,24). The van der Waals surface area contributed by atoms with Gasteiger partial charge in [0.1, 0.15) is 17.9 Å². The van der Waals surface area contributed by atoms with E-state index in [-0.39, 0.29) is 0 Å². The quantitative estimate of drug-likeness (QED) is 0.559. The highest BCUT2D eigenvalue weighted by Gasteiger charge is 2.11. The molecule has 4 rings (SSSR count). The molecular formula is C19H16ClN5O. The van der Waals surface area contributed by atoms with Gasteiger partial charge in [0, 0.05) is 10.7 Å². The highest BCUT2D eigenvalue weighted by Crippen LogP contribution is 2.26. The Morgan fingerprint density at radius 1 is 1.04 bits per heavy atom. The first-order chi connectivity index (χ1) is 12.7. The molecule has 2 heterocycles. The highest BCUT2D eigenvalue weighted by atomic mass is 35.5. The van der Waals surface area contributed by atoms with E-state index in [1.54, 1.807) is 10.9 Å². The monoisotopic (exact) mass is 365 g/mol. The van der Waals surface area contributed by atoms with Crippen LogP contribution in [0.3, 0.4) is 0 Å². The van der Waals surface area contributed by atoms with Crippen molar-refractivity contribution in [2.45, 2.75) is 6.92 Å². The number of fused-ring (bicyclic) bond motifs is 1. The smallest absolute Gasteiger partial charge is 0.168 e. The van der Waals surface area contributed by atoms with Crippen molar-refractivity contribution in [2.75, 3.05) is 11.9 Å². The zero-order valence-electron chi connectivity index (χ0n) is 14.1. The van der Waals surface area contributed by atoms with Gasteiger partial charge in [-0.25, -0.2) is 14.6 Å². The molecule has 7 heteroatoms. The summed E-state index contributed by atoms with van der Waals surface area (Å²) >= 11 is 5.96. The lowest BCUT2D eigenvalue weighted by atomic mass is 10.3. The summed E-state index contributed by atoms with van der Waals surface area (Å²) in [5.74, 6) is 1.53. The van der Waals surface area contributed by atoms with Gasteiger partial charge < -0.3 is 10.1 Å². The maximum atomic E-state index is 5.96. The SMILES string of the molecule is CCOc1ccc(Nc2ncnc3c2cnn3-c2ccc(Cl)cc2)cc1. The number of rotatable bonds is 5. The Morgan fingerprint density at radius 2 is 1.81 bits per heavy atom. The van der Waals surface area contributed by atoms with Gasteiger partial charge in [-0.1, -0.05) is 11.6 Å². The molecule has 0 bridgehead atoms. The van der Waals surface area contributed by atoms with Gasteiger partial charge in [0.25, 0.3) is 0 Å². The fourth-order valence-electron chi connectivity index (χ4n) is 2.65. The molecular weight excluding hydrogens is 350 g/mol. The second kappa shape index (κ2) is 7.01. The van der Waals surface area contributed by atoms with E-state index in [1.165, 1.54) is 6.33 Å². The molecule has 0 spiro atoms. The number of nitrogens with one attached hydrogen (secondary N) is 1. The van der Waals surface area contributed by atoms with E-state index in [2.05, 4.69) is 20.4 Å². The Balaban J connectivity index is 1.67. The molecule has 0 fully saturated rings. The minimum atomic E-state index is 0.642. The minimum Gasteiger partial charge on any atom is -0.494 e. The third kappa shape index (κ3) is 3.19. The number of ether oxygens (including phenoxy) is 1. The van der Waals surface area contributed by atoms with Gasteiger partial charge >= 0.3 is 0 Å². The lowest BCUT2D eigenvalue weighted by Crippen LogP contribution is -1.99. The van der Waals surface area contributed by atoms with Crippen LogP contribution in [0.25, 0.3) is 16.7 Å². The molecule has 0 saturated carbocycles. The molecule has 1 N–H and O–H groups in total. The molecule has 2 aromatic carbocycles. The van der Waals surface area contributed by atoms with Crippen LogP contribution in [0.4, 0.5) is 11.5 Å².